The predicted octanol–water partition coefficient (Wildman–Crippen LogP) is 0.563. The van der Waals surface area contributed by atoms with Crippen LogP contribution in [0.3, 0.4) is 0 Å². The SMILES string of the molecule is c1nc2ccc3[nH][se]nc3c2n1. The first-order chi connectivity index (χ1) is 5.95. The third-order valence-corrected chi connectivity index (χ3v) is 3.03. The zero-order valence-corrected chi connectivity index (χ0v) is 7.70. The van der Waals surface area contributed by atoms with E-state index >= 15 is 0 Å². The van der Waals surface area contributed by atoms with Crippen molar-refractivity contribution >= 4 is 37.0 Å². The molecule has 1 aromatic carbocycles. The molecule has 3 rings (SSSR count). The Labute approximate surface area is 73.9 Å². The van der Waals surface area contributed by atoms with Crippen molar-refractivity contribution in [1.29, 1.82) is 0 Å². The van der Waals surface area contributed by atoms with Crippen LogP contribution in [0.2, 0.25) is 0 Å². The normalized spacial score (nSPS) is 11.3. The average Bonchev–Trinajstić information content (AvgIpc) is 2.71. The van der Waals surface area contributed by atoms with Crippen LogP contribution in [0.4, 0.5) is 0 Å². The molecule has 0 aliphatic heterocycles. The summed E-state index contributed by atoms with van der Waals surface area (Å²) in [4.78, 5) is 8.26. The molecule has 0 radical (unpaired) electrons. The van der Waals surface area contributed by atoms with Crippen molar-refractivity contribution in [2.75, 3.05) is 0 Å². The Morgan fingerprint density at radius 1 is 1.17 bits per heavy atom. The molecule has 2 aromatic heterocycles. The van der Waals surface area contributed by atoms with Gasteiger partial charge in [0.1, 0.15) is 0 Å². The zero-order chi connectivity index (χ0) is 7.97. The summed E-state index contributed by atoms with van der Waals surface area (Å²) in [6, 6.07) is 3.97. The van der Waals surface area contributed by atoms with Crippen molar-refractivity contribution in [3.8, 4) is 0 Å². The summed E-state index contributed by atoms with van der Waals surface area (Å²) < 4.78 is 7.56. The van der Waals surface area contributed by atoms with Gasteiger partial charge in [0.25, 0.3) is 0 Å². The van der Waals surface area contributed by atoms with Gasteiger partial charge in [0.15, 0.2) is 0 Å². The number of hydrogen-bond donors (Lipinski definition) is 1. The molecular formula is C7H4N4Se. The Morgan fingerprint density at radius 3 is 3.17 bits per heavy atom. The van der Waals surface area contributed by atoms with Crippen LogP contribution >= 0.6 is 0 Å². The van der Waals surface area contributed by atoms with Gasteiger partial charge in [-0.25, -0.2) is 0 Å². The van der Waals surface area contributed by atoms with Gasteiger partial charge in [-0.2, -0.15) is 0 Å². The first-order valence-corrected chi connectivity index (χ1v) is 5.11. The fourth-order valence-corrected chi connectivity index (χ4v) is 2.47. The summed E-state index contributed by atoms with van der Waals surface area (Å²) in [5.41, 5.74) is 3.91. The van der Waals surface area contributed by atoms with E-state index in [1.165, 1.54) is 0 Å². The molecule has 0 bridgehead atoms. The number of nitrogens with zero attached hydrogens (tertiary/aromatic N) is 3. The second-order valence-corrected chi connectivity index (χ2v) is 3.68. The Hall–Kier alpha value is -1.19. The average molecular weight is 223 g/mol. The molecule has 5 heteroatoms. The molecule has 12 heavy (non-hydrogen) atoms. The van der Waals surface area contributed by atoms with E-state index in [0.717, 1.165) is 22.1 Å². The number of hydrogen-bond acceptors (Lipinski definition) is 3. The minimum absolute atomic E-state index is 0.148. The molecule has 0 aliphatic carbocycles. The topological polar surface area (TPSA) is 54.5 Å². The van der Waals surface area contributed by atoms with Crippen LogP contribution < -0.4 is 0 Å². The van der Waals surface area contributed by atoms with E-state index in [-0.39, 0.29) is 15.0 Å². The first-order valence-electron chi connectivity index (χ1n) is 3.48. The molecule has 0 aliphatic rings. The second kappa shape index (κ2) is 2.15. The third-order valence-electron chi connectivity index (χ3n) is 1.81. The van der Waals surface area contributed by atoms with E-state index in [1.807, 2.05) is 12.1 Å². The number of benzene rings is 1. The van der Waals surface area contributed by atoms with Crippen LogP contribution in [0.1, 0.15) is 0 Å². The van der Waals surface area contributed by atoms with Crippen LogP contribution in [0, 0.1) is 0 Å². The standard InChI is InChI=1S/C7H4N4Se/c1-2-5-7(11-12-10-5)6-4(1)8-3-9-6/h1-3,10H. The van der Waals surface area contributed by atoms with E-state index in [9.17, 15) is 0 Å². The summed E-state index contributed by atoms with van der Waals surface area (Å²) in [5, 5.41) is 0. The summed E-state index contributed by atoms with van der Waals surface area (Å²) in [6.45, 7) is 0. The van der Waals surface area contributed by atoms with Crippen molar-refractivity contribution in [2.45, 2.75) is 0 Å². The molecule has 0 atom stereocenters. The number of aromatic amines is 1. The Morgan fingerprint density at radius 2 is 2.17 bits per heavy atom. The molecule has 1 N–H and O–H groups in total. The van der Waals surface area contributed by atoms with Crippen LogP contribution in [-0.2, 0) is 0 Å². The summed E-state index contributed by atoms with van der Waals surface area (Å²) in [6.07, 6.45) is 1.58. The van der Waals surface area contributed by atoms with Crippen molar-refractivity contribution < 1.29 is 0 Å². The summed E-state index contributed by atoms with van der Waals surface area (Å²) in [5.74, 6) is 0. The van der Waals surface area contributed by atoms with Crippen LogP contribution in [0.15, 0.2) is 18.5 Å². The molecule has 0 saturated heterocycles. The molecular weight excluding hydrogens is 219 g/mol. The summed E-state index contributed by atoms with van der Waals surface area (Å²) >= 11 is 0.148. The van der Waals surface area contributed by atoms with E-state index < -0.39 is 0 Å². The Bertz CT molecular complexity index is 489. The molecule has 2 heterocycles. The van der Waals surface area contributed by atoms with Crippen LogP contribution in [-0.4, -0.2) is 32.9 Å². The molecule has 0 unspecified atom stereocenters. The molecule has 0 saturated carbocycles. The van der Waals surface area contributed by atoms with Crippen LogP contribution in [0.5, 0.6) is 0 Å². The van der Waals surface area contributed by atoms with Gasteiger partial charge in [0.05, 0.1) is 0 Å². The number of aromatic nitrogens is 4. The number of fused-ring (bicyclic) bond motifs is 3. The van der Waals surface area contributed by atoms with Crippen LogP contribution in [0.25, 0.3) is 22.1 Å². The molecule has 0 amide bonds. The third kappa shape index (κ3) is 0.695. The quantitative estimate of drug-likeness (QED) is 0.566. The van der Waals surface area contributed by atoms with Crippen molar-refractivity contribution in [2.24, 2.45) is 0 Å². The van der Waals surface area contributed by atoms with Crippen molar-refractivity contribution in [1.82, 2.24) is 17.9 Å². The van der Waals surface area contributed by atoms with Gasteiger partial charge in [-0.05, 0) is 0 Å². The molecule has 58 valence electrons. The maximum atomic E-state index is 4.35. The first kappa shape index (κ1) is 6.34. The minimum atomic E-state index is 0.148. The zero-order valence-electron chi connectivity index (χ0n) is 5.98. The number of H-pyrrole nitrogens is 1. The fourth-order valence-electron chi connectivity index (χ4n) is 1.24. The molecule has 4 nitrogen and oxygen atoms in total. The Kier molecular flexibility index (Phi) is 1.14. The molecule has 3 aromatic rings. The van der Waals surface area contributed by atoms with E-state index in [1.54, 1.807) is 6.33 Å². The number of nitrogens with one attached hydrogen (secondary N) is 1. The fraction of sp³-hybridized carbons (Fsp3) is 0. The van der Waals surface area contributed by atoms with Crippen molar-refractivity contribution in [3.05, 3.63) is 18.5 Å². The van der Waals surface area contributed by atoms with Gasteiger partial charge in [-0.15, -0.1) is 0 Å². The van der Waals surface area contributed by atoms with Gasteiger partial charge in [-0.1, -0.05) is 0 Å². The van der Waals surface area contributed by atoms with Gasteiger partial charge < -0.3 is 0 Å². The van der Waals surface area contributed by atoms with E-state index in [4.69, 9.17) is 0 Å². The van der Waals surface area contributed by atoms with E-state index in [0.29, 0.717) is 0 Å². The van der Waals surface area contributed by atoms with Crippen molar-refractivity contribution in [3.63, 3.8) is 0 Å². The molecule has 0 spiro atoms. The van der Waals surface area contributed by atoms with Gasteiger partial charge in [-0.3, -0.25) is 0 Å². The van der Waals surface area contributed by atoms with E-state index in [2.05, 4.69) is 17.9 Å². The van der Waals surface area contributed by atoms with Gasteiger partial charge in [0, 0.05) is 0 Å². The maximum absolute atomic E-state index is 4.35. The Balaban J connectivity index is 2.71. The summed E-state index contributed by atoms with van der Waals surface area (Å²) in [7, 11) is 0. The van der Waals surface area contributed by atoms with Gasteiger partial charge in [0.2, 0.25) is 0 Å². The number of imidazole rings is 1. The monoisotopic (exact) mass is 224 g/mol. The number of rotatable bonds is 0. The van der Waals surface area contributed by atoms with Gasteiger partial charge >= 0.3 is 73.4 Å². The molecule has 0 fully saturated rings. The predicted molar refractivity (Wildman–Crippen MR) is 46.1 cm³/mol. The second-order valence-electron chi connectivity index (χ2n) is 2.49.